The first-order valence-corrected chi connectivity index (χ1v) is 11.7. The van der Waals surface area contributed by atoms with Gasteiger partial charge in [-0.05, 0) is 33.3 Å². The molecule has 33 heavy (non-hydrogen) atoms. The normalized spacial score (nSPS) is 42.1. The zero-order valence-electron chi connectivity index (χ0n) is 19.6. The second kappa shape index (κ2) is 8.82. The van der Waals surface area contributed by atoms with E-state index in [9.17, 15) is 10.2 Å². The summed E-state index contributed by atoms with van der Waals surface area (Å²) in [5, 5.41) is 21.5. The number of hydrogen-bond acceptors (Lipinski definition) is 9. The predicted octanol–water partition coefficient (Wildman–Crippen LogP) is 1.01. The van der Waals surface area contributed by atoms with E-state index in [-0.39, 0.29) is 24.4 Å². The van der Waals surface area contributed by atoms with Crippen molar-refractivity contribution in [2.45, 2.75) is 94.9 Å². The van der Waals surface area contributed by atoms with Crippen molar-refractivity contribution in [3.05, 3.63) is 35.9 Å². The van der Waals surface area contributed by atoms with Crippen LogP contribution in [0.4, 0.5) is 0 Å². The van der Waals surface area contributed by atoms with Crippen molar-refractivity contribution in [2.24, 2.45) is 0 Å². The number of fused-ring (bicyclic) bond motifs is 3. The number of hydrogen-bond donors (Lipinski definition) is 2. The lowest BCUT2D eigenvalue weighted by atomic mass is 9.96. The van der Waals surface area contributed by atoms with E-state index < -0.39 is 36.2 Å². The molecule has 0 amide bonds. The van der Waals surface area contributed by atoms with E-state index in [1.165, 1.54) is 0 Å². The summed E-state index contributed by atoms with van der Waals surface area (Å²) in [4.78, 5) is 1.98. The summed E-state index contributed by atoms with van der Waals surface area (Å²) in [6, 6.07) is 9.73. The fourth-order valence-electron chi connectivity index (χ4n) is 5.30. The van der Waals surface area contributed by atoms with Crippen molar-refractivity contribution in [3.63, 3.8) is 0 Å². The summed E-state index contributed by atoms with van der Waals surface area (Å²) in [5.74, 6) is -1.54. The van der Waals surface area contributed by atoms with Gasteiger partial charge in [0.1, 0.15) is 30.5 Å². The SMILES string of the molecule is CC1(C)O[C@H]2[C@@H](O1)[C@@H](CN1C[C@@H](O)C(OCc3ccccc3)[C@@H](O)C1)O[C@@H]1OC(C)(C)O[C@@H]12. The zero-order valence-corrected chi connectivity index (χ0v) is 19.6. The first-order valence-electron chi connectivity index (χ1n) is 11.7. The molecule has 0 spiro atoms. The highest BCUT2D eigenvalue weighted by molar-refractivity contribution is 5.13. The van der Waals surface area contributed by atoms with Gasteiger partial charge in [-0.25, -0.2) is 0 Å². The van der Waals surface area contributed by atoms with E-state index in [1.807, 2.05) is 62.9 Å². The number of aliphatic hydroxyl groups is 2. The summed E-state index contributed by atoms with van der Waals surface area (Å²) in [6.07, 6.45) is -4.28. The number of rotatable bonds is 5. The van der Waals surface area contributed by atoms with Gasteiger partial charge >= 0.3 is 0 Å². The third kappa shape index (κ3) is 4.98. The molecule has 1 aromatic rings. The Balaban J connectivity index is 1.23. The molecule has 0 radical (unpaired) electrons. The van der Waals surface area contributed by atoms with Crippen LogP contribution in [0.2, 0.25) is 0 Å². The van der Waals surface area contributed by atoms with Crippen molar-refractivity contribution in [1.82, 2.24) is 4.90 Å². The number of β-amino-alcohol motifs (C(OH)–C–C–N with tert-alkyl or cyclic N) is 2. The average Bonchev–Trinajstić information content (AvgIpc) is 3.22. The fraction of sp³-hybridized carbons (Fsp3) is 0.750. The van der Waals surface area contributed by atoms with Gasteiger partial charge in [0.15, 0.2) is 17.9 Å². The Hall–Kier alpha value is -1.14. The fourth-order valence-corrected chi connectivity index (χ4v) is 5.30. The van der Waals surface area contributed by atoms with Crippen molar-refractivity contribution >= 4 is 0 Å². The van der Waals surface area contributed by atoms with Crippen LogP contribution in [0.15, 0.2) is 30.3 Å². The standard InChI is InChI=1S/C24H35NO8/c1-23(2)30-19-17(29-22-21(20(19)31-23)32-24(3,4)33-22)12-25-10-15(26)18(16(27)11-25)28-13-14-8-6-5-7-9-14/h5-9,15-22,26-27H,10-13H2,1-4H3/t15-,16+,17-,18?,19+,20+,21-,22-/m1/s1. The van der Waals surface area contributed by atoms with Crippen LogP contribution in [0, 0.1) is 0 Å². The third-order valence-electron chi connectivity index (χ3n) is 6.62. The van der Waals surface area contributed by atoms with Gasteiger partial charge in [-0.3, -0.25) is 4.90 Å². The molecule has 9 heteroatoms. The van der Waals surface area contributed by atoms with Crippen molar-refractivity contribution < 1.29 is 38.6 Å². The van der Waals surface area contributed by atoms with Crippen LogP contribution in [-0.2, 0) is 35.0 Å². The first kappa shape index (κ1) is 23.6. The molecule has 2 N–H and O–H groups in total. The highest BCUT2D eigenvalue weighted by atomic mass is 16.9. The second-order valence-corrected chi connectivity index (χ2v) is 10.3. The number of likely N-dealkylation sites (tertiary alicyclic amines) is 1. The number of ether oxygens (including phenoxy) is 6. The second-order valence-electron chi connectivity index (χ2n) is 10.3. The molecule has 4 fully saturated rings. The van der Waals surface area contributed by atoms with Gasteiger partial charge < -0.3 is 38.6 Å². The average molecular weight is 466 g/mol. The Morgan fingerprint density at radius 1 is 0.879 bits per heavy atom. The molecule has 4 heterocycles. The lowest BCUT2D eigenvalue weighted by molar-refractivity contribution is -0.240. The highest BCUT2D eigenvalue weighted by Gasteiger charge is 2.60. The van der Waals surface area contributed by atoms with Crippen LogP contribution >= 0.6 is 0 Å². The molecular weight excluding hydrogens is 430 g/mol. The molecule has 0 saturated carbocycles. The van der Waals surface area contributed by atoms with Crippen LogP contribution in [0.1, 0.15) is 33.3 Å². The molecule has 8 atom stereocenters. The van der Waals surface area contributed by atoms with Crippen molar-refractivity contribution in [2.75, 3.05) is 19.6 Å². The largest absolute Gasteiger partial charge is 0.389 e. The lowest BCUT2D eigenvalue weighted by Gasteiger charge is -2.43. The van der Waals surface area contributed by atoms with E-state index in [0.717, 1.165) is 5.56 Å². The Morgan fingerprint density at radius 3 is 2.18 bits per heavy atom. The molecule has 1 aromatic carbocycles. The van der Waals surface area contributed by atoms with Crippen LogP contribution in [0.3, 0.4) is 0 Å². The maximum atomic E-state index is 10.7. The Labute approximate surface area is 194 Å². The van der Waals surface area contributed by atoms with Gasteiger partial charge in [0.2, 0.25) is 0 Å². The molecule has 184 valence electrons. The van der Waals surface area contributed by atoms with Crippen LogP contribution in [-0.4, -0.2) is 95.3 Å². The number of nitrogens with zero attached hydrogens (tertiary/aromatic N) is 1. The molecule has 0 aliphatic carbocycles. The Morgan fingerprint density at radius 2 is 1.48 bits per heavy atom. The summed E-state index contributed by atoms with van der Waals surface area (Å²) < 4.78 is 36.5. The molecule has 0 bridgehead atoms. The molecule has 4 aliphatic heterocycles. The smallest absolute Gasteiger partial charge is 0.190 e. The molecular formula is C24H35NO8. The molecule has 4 aliphatic rings. The molecule has 9 nitrogen and oxygen atoms in total. The van der Waals surface area contributed by atoms with Crippen molar-refractivity contribution in [3.8, 4) is 0 Å². The number of benzene rings is 1. The van der Waals surface area contributed by atoms with E-state index in [4.69, 9.17) is 28.4 Å². The molecule has 5 rings (SSSR count). The lowest BCUT2D eigenvalue weighted by Crippen LogP contribution is -2.61. The van der Waals surface area contributed by atoms with Crippen LogP contribution in [0.25, 0.3) is 0 Å². The molecule has 4 saturated heterocycles. The Kier molecular flexibility index (Phi) is 6.30. The minimum Gasteiger partial charge on any atom is -0.389 e. The summed E-state index contributed by atoms with van der Waals surface area (Å²) in [6.45, 7) is 8.96. The van der Waals surface area contributed by atoms with Gasteiger partial charge in [0.05, 0.1) is 18.8 Å². The van der Waals surface area contributed by atoms with Crippen LogP contribution in [0.5, 0.6) is 0 Å². The molecule has 0 aromatic heterocycles. The van der Waals surface area contributed by atoms with Gasteiger partial charge in [-0.2, -0.15) is 0 Å². The van der Waals surface area contributed by atoms with Gasteiger partial charge in [0, 0.05) is 19.6 Å². The topological polar surface area (TPSA) is 99.1 Å². The van der Waals surface area contributed by atoms with Gasteiger partial charge in [0.25, 0.3) is 0 Å². The monoisotopic (exact) mass is 465 g/mol. The van der Waals surface area contributed by atoms with Gasteiger partial charge in [-0.1, -0.05) is 30.3 Å². The van der Waals surface area contributed by atoms with Crippen LogP contribution < -0.4 is 0 Å². The molecule has 1 unspecified atom stereocenters. The zero-order chi connectivity index (χ0) is 23.4. The number of piperidine rings is 1. The predicted molar refractivity (Wildman–Crippen MR) is 116 cm³/mol. The third-order valence-corrected chi connectivity index (χ3v) is 6.62. The Bertz CT molecular complexity index is 808. The summed E-state index contributed by atoms with van der Waals surface area (Å²) >= 11 is 0. The summed E-state index contributed by atoms with van der Waals surface area (Å²) in [7, 11) is 0. The quantitative estimate of drug-likeness (QED) is 0.660. The minimum absolute atomic E-state index is 0.327. The minimum atomic E-state index is -0.827. The van der Waals surface area contributed by atoms with E-state index >= 15 is 0 Å². The van der Waals surface area contributed by atoms with E-state index in [2.05, 4.69) is 0 Å². The highest BCUT2D eigenvalue weighted by Crippen LogP contribution is 2.44. The number of aliphatic hydroxyl groups excluding tert-OH is 2. The first-order chi connectivity index (χ1) is 15.6. The van der Waals surface area contributed by atoms with Gasteiger partial charge in [-0.15, -0.1) is 0 Å². The maximum Gasteiger partial charge on any atom is 0.190 e. The van der Waals surface area contributed by atoms with Crippen molar-refractivity contribution in [1.29, 1.82) is 0 Å². The summed E-state index contributed by atoms with van der Waals surface area (Å²) in [5.41, 5.74) is 0.998. The van der Waals surface area contributed by atoms with E-state index in [0.29, 0.717) is 26.2 Å². The maximum absolute atomic E-state index is 10.7. The van der Waals surface area contributed by atoms with E-state index in [1.54, 1.807) is 0 Å².